The van der Waals surface area contributed by atoms with E-state index < -0.39 is 5.91 Å². The van der Waals surface area contributed by atoms with Crippen LogP contribution in [0.15, 0.2) is 30.3 Å². The predicted molar refractivity (Wildman–Crippen MR) is 66.7 cm³/mol. The number of hydrogen-bond donors (Lipinski definition) is 3. The van der Waals surface area contributed by atoms with Crippen molar-refractivity contribution in [3.05, 3.63) is 35.9 Å². The van der Waals surface area contributed by atoms with Gasteiger partial charge in [-0.05, 0) is 19.1 Å². The summed E-state index contributed by atoms with van der Waals surface area (Å²) in [4.78, 5) is 11.2. The highest BCUT2D eigenvalue weighted by atomic mass is 16.5. The zero-order valence-corrected chi connectivity index (χ0v) is 9.57. The monoisotopic (exact) mass is 233 g/mol. The molecule has 0 aliphatic heterocycles. The minimum absolute atomic E-state index is 0.377. The molecule has 5 heteroatoms. The van der Waals surface area contributed by atoms with Crippen molar-refractivity contribution in [1.29, 1.82) is 5.41 Å². The highest BCUT2D eigenvalue weighted by Crippen LogP contribution is 2.19. The first-order valence-corrected chi connectivity index (χ1v) is 5.18. The summed E-state index contributed by atoms with van der Waals surface area (Å²) < 4.78 is 5.40. The molecule has 1 rings (SSSR count). The van der Waals surface area contributed by atoms with Crippen LogP contribution in [0.2, 0.25) is 0 Å². The highest BCUT2D eigenvalue weighted by molar-refractivity contribution is 6.02. The number of benzene rings is 1. The van der Waals surface area contributed by atoms with E-state index in [0.29, 0.717) is 12.4 Å². The van der Waals surface area contributed by atoms with Gasteiger partial charge in [0.05, 0.1) is 6.61 Å². The van der Waals surface area contributed by atoms with Gasteiger partial charge in [0.1, 0.15) is 5.75 Å². The summed E-state index contributed by atoms with van der Waals surface area (Å²) in [6, 6.07) is 7.37. The van der Waals surface area contributed by atoms with Gasteiger partial charge in [0, 0.05) is 11.6 Å². The molecule has 17 heavy (non-hydrogen) atoms. The molecule has 0 bridgehead atoms. The van der Waals surface area contributed by atoms with Crippen LogP contribution in [0, 0.1) is 5.41 Å². The Hall–Kier alpha value is -2.30. The second-order valence-corrected chi connectivity index (χ2v) is 3.21. The molecular weight excluding hydrogens is 218 g/mol. The van der Waals surface area contributed by atoms with Crippen molar-refractivity contribution in [1.82, 2.24) is 5.32 Å². The molecule has 0 fully saturated rings. The molecule has 90 valence electrons. The Labute approximate surface area is 99.8 Å². The molecule has 0 radical (unpaired) electrons. The first kappa shape index (κ1) is 12.8. The normalized spacial score (nSPS) is 10.2. The Kier molecular flexibility index (Phi) is 4.75. The Morgan fingerprint density at radius 1 is 1.53 bits per heavy atom. The zero-order valence-electron chi connectivity index (χ0n) is 9.57. The fourth-order valence-corrected chi connectivity index (χ4v) is 1.25. The summed E-state index contributed by atoms with van der Waals surface area (Å²) in [6.45, 7) is 2.45. The van der Waals surface area contributed by atoms with Crippen LogP contribution >= 0.6 is 0 Å². The van der Waals surface area contributed by atoms with Crippen molar-refractivity contribution in [2.75, 3.05) is 6.61 Å². The maximum Gasteiger partial charge on any atom is 0.250 e. The minimum Gasteiger partial charge on any atom is -0.493 e. The average Bonchev–Trinajstić information content (AvgIpc) is 2.27. The van der Waals surface area contributed by atoms with Gasteiger partial charge in [-0.1, -0.05) is 18.2 Å². The number of nitrogens with one attached hydrogen (secondary N) is 2. The molecule has 0 saturated carbocycles. The van der Waals surface area contributed by atoms with E-state index in [1.807, 2.05) is 31.2 Å². The molecule has 4 N–H and O–H groups in total. The fraction of sp³-hybridized carbons (Fsp3) is 0.167. The van der Waals surface area contributed by atoms with Crippen LogP contribution in [0.25, 0.3) is 6.08 Å². The Balaban J connectivity index is 2.76. The van der Waals surface area contributed by atoms with Crippen LogP contribution in [0.4, 0.5) is 0 Å². The molecule has 1 amide bonds. The summed E-state index contributed by atoms with van der Waals surface area (Å²) in [5.41, 5.74) is 5.83. The third-order valence-corrected chi connectivity index (χ3v) is 1.89. The number of carbonyl (C=O) groups is 1. The fourth-order valence-electron chi connectivity index (χ4n) is 1.25. The number of nitrogens with two attached hydrogens (primary N) is 1. The SMILES string of the molecule is CCOc1ccccc1C=CC(=O)NC(=N)N. The third-order valence-electron chi connectivity index (χ3n) is 1.89. The quantitative estimate of drug-likeness (QED) is 0.413. The maximum atomic E-state index is 11.2. The number of amides is 1. The summed E-state index contributed by atoms with van der Waals surface area (Å²) >= 11 is 0. The van der Waals surface area contributed by atoms with Gasteiger partial charge in [0.25, 0.3) is 5.91 Å². The molecule has 0 atom stereocenters. The molecule has 0 heterocycles. The van der Waals surface area contributed by atoms with Crippen LogP contribution in [0.1, 0.15) is 12.5 Å². The lowest BCUT2D eigenvalue weighted by Crippen LogP contribution is -2.34. The number of hydrogen-bond acceptors (Lipinski definition) is 3. The summed E-state index contributed by atoms with van der Waals surface area (Å²) in [7, 11) is 0. The van der Waals surface area contributed by atoms with Gasteiger partial charge in [-0.3, -0.25) is 15.5 Å². The standard InChI is InChI=1S/C12H15N3O2/c1-2-17-10-6-4-3-5-9(10)7-8-11(16)15-12(13)14/h3-8H,2H2,1H3,(H4,13,14,15,16). The Morgan fingerprint density at radius 3 is 2.88 bits per heavy atom. The lowest BCUT2D eigenvalue weighted by Gasteiger charge is -2.06. The Bertz CT molecular complexity index is 441. The van der Waals surface area contributed by atoms with Crippen molar-refractivity contribution < 1.29 is 9.53 Å². The summed E-state index contributed by atoms with van der Waals surface area (Å²) in [6.07, 6.45) is 2.92. The molecular formula is C12H15N3O2. The predicted octanol–water partition coefficient (Wildman–Crippen LogP) is 1.11. The smallest absolute Gasteiger partial charge is 0.250 e. The molecule has 5 nitrogen and oxygen atoms in total. The van der Waals surface area contributed by atoms with Crippen molar-refractivity contribution >= 4 is 17.9 Å². The van der Waals surface area contributed by atoms with E-state index in [1.54, 1.807) is 6.08 Å². The van der Waals surface area contributed by atoms with Gasteiger partial charge >= 0.3 is 0 Å². The average molecular weight is 233 g/mol. The molecule has 0 spiro atoms. The van der Waals surface area contributed by atoms with E-state index in [4.69, 9.17) is 15.9 Å². The largest absolute Gasteiger partial charge is 0.493 e. The maximum absolute atomic E-state index is 11.2. The molecule has 1 aromatic rings. The topological polar surface area (TPSA) is 88.2 Å². The number of rotatable bonds is 4. The highest BCUT2D eigenvalue weighted by Gasteiger charge is 2.00. The van der Waals surface area contributed by atoms with E-state index in [1.165, 1.54) is 6.08 Å². The molecule has 1 aromatic carbocycles. The van der Waals surface area contributed by atoms with E-state index in [0.717, 1.165) is 5.56 Å². The zero-order chi connectivity index (χ0) is 12.7. The molecule has 0 unspecified atom stereocenters. The van der Waals surface area contributed by atoms with Crippen LogP contribution in [-0.2, 0) is 4.79 Å². The summed E-state index contributed by atoms with van der Waals surface area (Å²) in [5, 5.41) is 9.06. The molecule has 0 aliphatic rings. The van der Waals surface area contributed by atoms with Crippen LogP contribution in [0.5, 0.6) is 5.75 Å². The molecule has 0 aliphatic carbocycles. The first-order chi connectivity index (χ1) is 8.13. The second kappa shape index (κ2) is 6.32. The van der Waals surface area contributed by atoms with E-state index in [2.05, 4.69) is 5.32 Å². The van der Waals surface area contributed by atoms with E-state index >= 15 is 0 Å². The lowest BCUT2D eigenvalue weighted by molar-refractivity contribution is -0.115. The second-order valence-electron chi connectivity index (χ2n) is 3.21. The van der Waals surface area contributed by atoms with Gasteiger partial charge in [-0.25, -0.2) is 0 Å². The van der Waals surface area contributed by atoms with Gasteiger partial charge in [0.15, 0.2) is 5.96 Å². The Morgan fingerprint density at radius 2 is 2.24 bits per heavy atom. The van der Waals surface area contributed by atoms with Gasteiger partial charge in [-0.2, -0.15) is 0 Å². The summed E-state index contributed by atoms with van der Waals surface area (Å²) in [5.74, 6) is -0.108. The molecule has 0 aromatic heterocycles. The lowest BCUT2D eigenvalue weighted by atomic mass is 10.2. The van der Waals surface area contributed by atoms with Crippen molar-refractivity contribution in [2.24, 2.45) is 5.73 Å². The van der Waals surface area contributed by atoms with Gasteiger partial charge in [-0.15, -0.1) is 0 Å². The van der Waals surface area contributed by atoms with Crippen LogP contribution in [-0.4, -0.2) is 18.5 Å². The third kappa shape index (κ3) is 4.38. The number of ether oxygens (including phenoxy) is 1. The van der Waals surface area contributed by atoms with Gasteiger partial charge < -0.3 is 10.5 Å². The van der Waals surface area contributed by atoms with Crippen molar-refractivity contribution in [2.45, 2.75) is 6.92 Å². The number of guanidine groups is 1. The number of para-hydroxylation sites is 1. The first-order valence-electron chi connectivity index (χ1n) is 5.18. The van der Waals surface area contributed by atoms with Crippen LogP contribution in [0.3, 0.4) is 0 Å². The minimum atomic E-state index is -0.441. The molecule has 0 saturated heterocycles. The van der Waals surface area contributed by atoms with Crippen LogP contribution < -0.4 is 15.8 Å². The van der Waals surface area contributed by atoms with E-state index in [-0.39, 0.29) is 5.96 Å². The number of carbonyl (C=O) groups excluding carboxylic acids is 1. The van der Waals surface area contributed by atoms with E-state index in [9.17, 15) is 4.79 Å². The van der Waals surface area contributed by atoms with Gasteiger partial charge in [0.2, 0.25) is 0 Å². The van der Waals surface area contributed by atoms with Crippen molar-refractivity contribution in [3.8, 4) is 5.75 Å². The van der Waals surface area contributed by atoms with Crippen molar-refractivity contribution in [3.63, 3.8) is 0 Å².